The molecule has 0 saturated heterocycles. The summed E-state index contributed by atoms with van der Waals surface area (Å²) in [6.07, 6.45) is 0. The molecule has 2 N–H and O–H groups in total. The molecule has 0 saturated carbocycles. The molecule has 0 aliphatic heterocycles. The van der Waals surface area contributed by atoms with E-state index >= 15 is 0 Å². The summed E-state index contributed by atoms with van der Waals surface area (Å²) >= 11 is 11.9. The number of anilines is 1. The fourth-order valence-corrected chi connectivity index (χ4v) is 2.84. The average molecular weight is 351 g/mol. The summed E-state index contributed by atoms with van der Waals surface area (Å²) in [4.78, 5) is 12.1. The number of hydrogen-bond acceptors (Lipinski definition) is 2. The quantitative estimate of drug-likeness (QED) is 0.776. The Kier molecular flexibility index (Phi) is 6.46. The van der Waals surface area contributed by atoms with Gasteiger partial charge >= 0.3 is 0 Å². The molecule has 0 heterocycles. The molecular formula is C18H20Cl2N2O. The Hall–Kier alpha value is -1.55. The van der Waals surface area contributed by atoms with E-state index in [2.05, 4.69) is 36.6 Å². The van der Waals surface area contributed by atoms with Gasteiger partial charge in [-0.05, 0) is 29.7 Å². The first-order chi connectivity index (χ1) is 11.0. The highest BCUT2D eigenvalue weighted by molar-refractivity contribution is 6.36. The zero-order valence-electron chi connectivity index (χ0n) is 13.1. The maximum Gasteiger partial charge on any atom is 0.238 e. The molecule has 0 aromatic heterocycles. The molecule has 3 nitrogen and oxygen atoms in total. The van der Waals surface area contributed by atoms with Crippen molar-refractivity contribution in [3.8, 4) is 0 Å². The smallest absolute Gasteiger partial charge is 0.238 e. The number of amides is 1. The summed E-state index contributed by atoms with van der Waals surface area (Å²) < 4.78 is 0. The monoisotopic (exact) mass is 350 g/mol. The maximum absolute atomic E-state index is 12.1. The van der Waals surface area contributed by atoms with Crippen LogP contribution in [0.15, 0.2) is 48.5 Å². The van der Waals surface area contributed by atoms with Gasteiger partial charge in [-0.2, -0.15) is 0 Å². The molecule has 122 valence electrons. The SMILES string of the molecule is CC(C)[C@@H](NCC(=O)Nc1ccc(Cl)cc1Cl)c1ccccc1. The third kappa shape index (κ3) is 5.24. The number of halogens is 2. The number of benzene rings is 2. The summed E-state index contributed by atoms with van der Waals surface area (Å²) in [6.45, 7) is 4.45. The van der Waals surface area contributed by atoms with Gasteiger partial charge in [-0.15, -0.1) is 0 Å². The molecule has 1 atom stereocenters. The fraction of sp³-hybridized carbons (Fsp3) is 0.278. The van der Waals surface area contributed by atoms with Crippen molar-refractivity contribution >= 4 is 34.8 Å². The van der Waals surface area contributed by atoms with Crippen molar-refractivity contribution in [1.82, 2.24) is 5.32 Å². The van der Waals surface area contributed by atoms with Crippen LogP contribution in [0.3, 0.4) is 0 Å². The zero-order valence-corrected chi connectivity index (χ0v) is 14.7. The fourth-order valence-electron chi connectivity index (χ4n) is 2.39. The highest BCUT2D eigenvalue weighted by Gasteiger charge is 2.16. The van der Waals surface area contributed by atoms with Crippen LogP contribution in [0, 0.1) is 5.92 Å². The van der Waals surface area contributed by atoms with Crippen molar-refractivity contribution in [2.45, 2.75) is 19.9 Å². The van der Waals surface area contributed by atoms with Crippen molar-refractivity contribution in [3.63, 3.8) is 0 Å². The van der Waals surface area contributed by atoms with Crippen molar-refractivity contribution in [2.24, 2.45) is 5.92 Å². The molecule has 0 aliphatic rings. The minimum atomic E-state index is -0.143. The molecule has 2 rings (SSSR count). The Bertz CT molecular complexity index is 659. The summed E-state index contributed by atoms with van der Waals surface area (Å²) in [6, 6.07) is 15.2. The van der Waals surface area contributed by atoms with Gasteiger partial charge < -0.3 is 10.6 Å². The van der Waals surface area contributed by atoms with Crippen LogP contribution in [0.4, 0.5) is 5.69 Å². The van der Waals surface area contributed by atoms with Gasteiger partial charge in [0.15, 0.2) is 0 Å². The Balaban J connectivity index is 1.97. The number of carbonyl (C=O) groups excluding carboxylic acids is 1. The number of rotatable bonds is 6. The van der Waals surface area contributed by atoms with Gasteiger partial charge in [0.25, 0.3) is 0 Å². The van der Waals surface area contributed by atoms with Crippen molar-refractivity contribution < 1.29 is 4.79 Å². The summed E-state index contributed by atoms with van der Waals surface area (Å²) in [5.74, 6) is 0.222. The normalized spacial score (nSPS) is 12.2. The number of nitrogens with one attached hydrogen (secondary N) is 2. The van der Waals surface area contributed by atoms with Crippen LogP contribution in [0.5, 0.6) is 0 Å². The highest BCUT2D eigenvalue weighted by atomic mass is 35.5. The molecule has 0 spiro atoms. The van der Waals surface area contributed by atoms with E-state index in [1.165, 1.54) is 5.56 Å². The van der Waals surface area contributed by atoms with Gasteiger partial charge in [0, 0.05) is 11.1 Å². The second-order valence-corrected chi connectivity index (χ2v) is 6.53. The second kappa shape index (κ2) is 8.34. The van der Waals surface area contributed by atoms with Gasteiger partial charge in [0.2, 0.25) is 5.91 Å². The van der Waals surface area contributed by atoms with E-state index < -0.39 is 0 Å². The highest BCUT2D eigenvalue weighted by Crippen LogP contribution is 2.25. The van der Waals surface area contributed by atoms with Crippen LogP contribution >= 0.6 is 23.2 Å². The van der Waals surface area contributed by atoms with Crippen molar-refractivity contribution in [1.29, 1.82) is 0 Å². The Morgan fingerprint density at radius 3 is 2.39 bits per heavy atom. The van der Waals surface area contributed by atoms with Crippen LogP contribution in [0.25, 0.3) is 0 Å². The molecular weight excluding hydrogens is 331 g/mol. The first kappa shape index (κ1) is 17.8. The third-order valence-electron chi connectivity index (χ3n) is 3.51. The van der Waals surface area contributed by atoms with E-state index in [0.717, 1.165) is 0 Å². The van der Waals surface area contributed by atoms with Gasteiger partial charge in [-0.3, -0.25) is 4.79 Å². The van der Waals surface area contributed by atoms with E-state index in [0.29, 0.717) is 21.7 Å². The lowest BCUT2D eigenvalue weighted by molar-refractivity contribution is -0.115. The molecule has 0 radical (unpaired) electrons. The lowest BCUT2D eigenvalue weighted by atomic mass is 9.96. The summed E-state index contributed by atoms with van der Waals surface area (Å²) in [7, 11) is 0. The van der Waals surface area contributed by atoms with E-state index in [1.807, 2.05) is 18.2 Å². The molecule has 0 unspecified atom stereocenters. The predicted octanol–water partition coefficient (Wildman–Crippen LogP) is 4.92. The molecule has 1 amide bonds. The molecule has 23 heavy (non-hydrogen) atoms. The van der Waals surface area contributed by atoms with Crippen LogP contribution in [-0.4, -0.2) is 12.5 Å². The average Bonchev–Trinajstić information content (AvgIpc) is 2.51. The molecule has 0 bridgehead atoms. The third-order valence-corrected chi connectivity index (χ3v) is 4.06. The van der Waals surface area contributed by atoms with Crippen LogP contribution in [0.2, 0.25) is 10.0 Å². The van der Waals surface area contributed by atoms with Crippen LogP contribution in [-0.2, 0) is 4.79 Å². The van der Waals surface area contributed by atoms with Crippen LogP contribution < -0.4 is 10.6 Å². The lowest BCUT2D eigenvalue weighted by Crippen LogP contribution is -2.33. The summed E-state index contributed by atoms with van der Waals surface area (Å²) in [5, 5.41) is 7.06. The second-order valence-electron chi connectivity index (χ2n) is 5.69. The van der Waals surface area contributed by atoms with E-state index in [-0.39, 0.29) is 18.5 Å². The summed E-state index contributed by atoms with van der Waals surface area (Å²) in [5.41, 5.74) is 1.73. The Morgan fingerprint density at radius 1 is 1.09 bits per heavy atom. The molecule has 0 fully saturated rings. The largest absolute Gasteiger partial charge is 0.324 e. The topological polar surface area (TPSA) is 41.1 Å². The first-order valence-corrected chi connectivity index (χ1v) is 8.26. The number of hydrogen-bond donors (Lipinski definition) is 2. The van der Waals surface area contributed by atoms with Gasteiger partial charge in [-0.1, -0.05) is 67.4 Å². The molecule has 2 aromatic rings. The first-order valence-electron chi connectivity index (χ1n) is 7.50. The van der Waals surface area contributed by atoms with Crippen molar-refractivity contribution in [3.05, 3.63) is 64.1 Å². The number of carbonyl (C=O) groups is 1. The molecule has 0 aliphatic carbocycles. The Labute approximate surface area is 147 Å². The predicted molar refractivity (Wildman–Crippen MR) is 97.1 cm³/mol. The molecule has 5 heteroatoms. The van der Waals surface area contributed by atoms with Crippen molar-refractivity contribution in [2.75, 3.05) is 11.9 Å². The van der Waals surface area contributed by atoms with E-state index in [9.17, 15) is 4.79 Å². The molecule has 2 aromatic carbocycles. The van der Waals surface area contributed by atoms with Gasteiger partial charge in [0.1, 0.15) is 0 Å². The minimum Gasteiger partial charge on any atom is -0.324 e. The maximum atomic E-state index is 12.1. The lowest BCUT2D eigenvalue weighted by Gasteiger charge is -2.22. The van der Waals surface area contributed by atoms with Crippen LogP contribution in [0.1, 0.15) is 25.5 Å². The van der Waals surface area contributed by atoms with Gasteiger partial charge in [-0.25, -0.2) is 0 Å². The Morgan fingerprint density at radius 2 is 1.78 bits per heavy atom. The standard InChI is InChI=1S/C18H20Cl2N2O/c1-12(2)18(13-6-4-3-5-7-13)21-11-17(23)22-16-9-8-14(19)10-15(16)20/h3-10,12,18,21H,11H2,1-2H3,(H,22,23)/t18-/m1/s1. The minimum absolute atomic E-state index is 0.114. The van der Waals surface area contributed by atoms with Gasteiger partial charge in [0.05, 0.1) is 17.3 Å². The zero-order chi connectivity index (χ0) is 16.8. The van der Waals surface area contributed by atoms with E-state index in [4.69, 9.17) is 23.2 Å². The van der Waals surface area contributed by atoms with E-state index in [1.54, 1.807) is 18.2 Å².